The number of hydrogen-bond donors (Lipinski definition) is 3. The number of rotatable bonds is 5. The van der Waals surface area contributed by atoms with E-state index in [9.17, 15) is 14.4 Å². The molecule has 3 amide bonds. The van der Waals surface area contributed by atoms with Crippen molar-refractivity contribution in [2.45, 2.75) is 13.0 Å². The van der Waals surface area contributed by atoms with Gasteiger partial charge in [0.1, 0.15) is 6.04 Å². The Hall–Kier alpha value is -2.86. The first kappa shape index (κ1) is 17.5. The Morgan fingerprint density at radius 2 is 1.50 bits per heavy atom. The smallest absolute Gasteiger partial charge is 0.251 e. The molecule has 0 saturated heterocycles. The number of halogens is 1. The third-order valence-corrected chi connectivity index (χ3v) is 3.54. The van der Waals surface area contributed by atoms with Gasteiger partial charge in [0.05, 0.1) is 0 Å². The standard InChI is InChI=1S/C17H16ClN3O3/c1-10(20-17(24)12-2-6-13(18)7-3-12)16(23)21-14-8-4-11(5-9-14)15(19)22/h2-10H,1H3,(H2,19,22)(H,20,24)(H,21,23). The van der Waals surface area contributed by atoms with Gasteiger partial charge < -0.3 is 16.4 Å². The summed E-state index contributed by atoms with van der Waals surface area (Å²) in [6, 6.07) is 11.7. The van der Waals surface area contributed by atoms with Crippen molar-refractivity contribution in [3.8, 4) is 0 Å². The Bertz CT molecular complexity index is 758. The van der Waals surface area contributed by atoms with Crippen molar-refractivity contribution in [2.75, 3.05) is 5.32 Å². The lowest BCUT2D eigenvalue weighted by atomic mass is 10.2. The van der Waals surface area contributed by atoms with Gasteiger partial charge in [-0.25, -0.2) is 0 Å². The van der Waals surface area contributed by atoms with Crippen LogP contribution in [0.2, 0.25) is 5.02 Å². The van der Waals surface area contributed by atoms with Gasteiger partial charge in [-0.15, -0.1) is 0 Å². The summed E-state index contributed by atoms with van der Waals surface area (Å²) in [7, 11) is 0. The number of nitrogens with one attached hydrogen (secondary N) is 2. The first-order valence-corrected chi connectivity index (χ1v) is 7.52. The number of hydrogen-bond acceptors (Lipinski definition) is 3. The second kappa shape index (κ2) is 7.61. The van der Waals surface area contributed by atoms with Gasteiger partial charge in [0, 0.05) is 21.8 Å². The minimum absolute atomic E-state index is 0.345. The fourth-order valence-electron chi connectivity index (χ4n) is 1.92. The summed E-state index contributed by atoms with van der Waals surface area (Å²) < 4.78 is 0. The molecule has 0 spiro atoms. The van der Waals surface area contributed by atoms with Crippen LogP contribution in [0.4, 0.5) is 5.69 Å². The summed E-state index contributed by atoms with van der Waals surface area (Å²) in [5.74, 6) is -1.31. The van der Waals surface area contributed by atoms with Crippen molar-refractivity contribution in [2.24, 2.45) is 5.73 Å². The van der Waals surface area contributed by atoms with Gasteiger partial charge in [-0.05, 0) is 55.5 Å². The molecule has 0 aliphatic rings. The van der Waals surface area contributed by atoms with Crippen LogP contribution in [0.15, 0.2) is 48.5 Å². The molecule has 2 aromatic carbocycles. The second-order valence-electron chi connectivity index (χ2n) is 5.13. The molecule has 0 heterocycles. The van der Waals surface area contributed by atoms with E-state index >= 15 is 0 Å². The number of benzene rings is 2. The van der Waals surface area contributed by atoms with Crippen LogP contribution < -0.4 is 16.4 Å². The van der Waals surface area contributed by atoms with Crippen LogP contribution in [0.3, 0.4) is 0 Å². The molecule has 0 aliphatic heterocycles. The zero-order valence-corrected chi connectivity index (χ0v) is 13.6. The largest absolute Gasteiger partial charge is 0.366 e. The minimum Gasteiger partial charge on any atom is -0.366 e. The Balaban J connectivity index is 1.95. The molecule has 0 saturated carbocycles. The van der Waals surface area contributed by atoms with E-state index in [1.54, 1.807) is 43.3 Å². The number of amides is 3. The molecule has 0 radical (unpaired) electrons. The lowest BCUT2D eigenvalue weighted by Gasteiger charge is -2.14. The molecular weight excluding hydrogens is 330 g/mol. The number of anilines is 1. The van der Waals surface area contributed by atoms with Gasteiger partial charge >= 0.3 is 0 Å². The first-order valence-electron chi connectivity index (χ1n) is 7.14. The molecule has 0 bridgehead atoms. The quantitative estimate of drug-likeness (QED) is 0.774. The number of primary amides is 1. The van der Waals surface area contributed by atoms with Gasteiger partial charge in [-0.1, -0.05) is 11.6 Å². The highest BCUT2D eigenvalue weighted by Crippen LogP contribution is 2.11. The molecule has 4 N–H and O–H groups in total. The van der Waals surface area contributed by atoms with E-state index in [-0.39, 0.29) is 11.8 Å². The topological polar surface area (TPSA) is 101 Å². The normalized spacial score (nSPS) is 11.4. The fourth-order valence-corrected chi connectivity index (χ4v) is 2.04. The molecule has 124 valence electrons. The number of carbonyl (C=O) groups is 3. The fraction of sp³-hybridized carbons (Fsp3) is 0.118. The Morgan fingerprint density at radius 1 is 0.958 bits per heavy atom. The summed E-state index contributed by atoms with van der Waals surface area (Å²) in [5, 5.41) is 5.77. The van der Waals surface area contributed by atoms with Crippen LogP contribution in [-0.4, -0.2) is 23.8 Å². The molecule has 2 aromatic rings. The van der Waals surface area contributed by atoms with Crippen LogP contribution in [0.1, 0.15) is 27.6 Å². The van der Waals surface area contributed by atoms with E-state index in [1.807, 2.05) is 0 Å². The molecule has 7 heteroatoms. The van der Waals surface area contributed by atoms with Crippen molar-refractivity contribution in [1.82, 2.24) is 5.32 Å². The van der Waals surface area contributed by atoms with Crippen LogP contribution in [0, 0.1) is 0 Å². The average molecular weight is 346 g/mol. The van der Waals surface area contributed by atoms with Crippen molar-refractivity contribution in [3.63, 3.8) is 0 Å². The predicted octanol–water partition coefficient (Wildman–Crippen LogP) is 2.20. The van der Waals surface area contributed by atoms with E-state index in [0.29, 0.717) is 21.8 Å². The predicted molar refractivity (Wildman–Crippen MR) is 92.0 cm³/mol. The third kappa shape index (κ3) is 4.57. The second-order valence-corrected chi connectivity index (χ2v) is 5.57. The molecule has 1 atom stereocenters. The first-order chi connectivity index (χ1) is 11.4. The van der Waals surface area contributed by atoms with Crippen LogP contribution in [0.25, 0.3) is 0 Å². The van der Waals surface area contributed by atoms with Gasteiger partial charge in [-0.2, -0.15) is 0 Å². The Kier molecular flexibility index (Phi) is 5.55. The van der Waals surface area contributed by atoms with Gasteiger partial charge in [-0.3, -0.25) is 14.4 Å². The molecule has 0 aliphatic carbocycles. The van der Waals surface area contributed by atoms with E-state index in [0.717, 1.165) is 0 Å². The highest BCUT2D eigenvalue weighted by molar-refractivity contribution is 6.30. The van der Waals surface area contributed by atoms with Crippen molar-refractivity contribution < 1.29 is 14.4 Å². The van der Waals surface area contributed by atoms with E-state index in [1.165, 1.54) is 12.1 Å². The zero-order valence-electron chi connectivity index (χ0n) is 12.9. The average Bonchev–Trinajstić information content (AvgIpc) is 2.55. The van der Waals surface area contributed by atoms with Gasteiger partial charge in [0.2, 0.25) is 11.8 Å². The maximum Gasteiger partial charge on any atom is 0.251 e. The lowest BCUT2D eigenvalue weighted by Crippen LogP contribution is -2.41. The van der Waals surface area contributed by atoms with Crippen LogP contribution in [0.5, 0.6) is 0 Å². The molecule has 24 heavy (non-hydrogen) atoms. The molecule has 2 rings (SSSR count). The Morgan fingerprint density at radius 3 is 2.04 bits per heavy atom. The highest BCUT2D eigenvalue weighted by atomic mass is 35.5. The van der Waals surface area contributed by atoms with Crippen molar-refractivity contribution in [3.05, 3.63) is 64.7 Å². The summed E-state index contributed by atoms with van der Waals surface area (Å²) >= 11 is 5.77. The third-order valence-electron chi connectivity index (χ3n) is 3.28. The maximum atomic E-state index is 12.1. The number of carbonyl (C=O) groups excluding carboxylic acids is 3. The SMILES string of the molecule is CC(NC(=O)c1ccc(Cl)cc1)C(=O)Nc1ccc(C(N)=O)cc1. The van der Waals surface area contributed by atoms with Crippen LogP contribution in [-0.2, 0) is 4.79 Å². The van der Waals surface area contributed by atoms with E-state index in [4.69, 9.17) is 17.3 Å². The summed E-state index contributed by atoms with van der Waals surface area (Å²) in [6.07, 6.45) is 0. The molecule has 1 unspecified atom stereocenters. The number of nitrogens with two attached hydrogens (primary N) is 1. The Labute approximate surface area is 144 Å². The zero-order chi connectivity index (χ0) is 17.7. The van der Waals surface area contributed by atoms with Crippen molar-refractivity contribution in [1.29, 1.82) is 0 Å². The molecule has 0 fully saturated rings. The molecule has 6 nitrogen and oxygen atoms in total. The van der Waals surface area contributed by atoms with E-state index < -0.39 is 11.9 Å². The summed E-state index contributed by atoms with van der Waals surface area (Å²) in [6.45, 7) is 1.57. The van der Waals surface area contributed by atoms with Gasteiger partial charge in [0.15, 0.2) is 0 Å². The highest BCUT2D eigenvalue weighted by Gasteiger charge is 2.16. The molecule has 0 aromatic heterocycles. The van der Waals surface area contributed by atoms with E-state index in [2.05, 4.69) is 10.6 Å². The molecular formula is C17H16ClN3O3. The monoisotopic (exact) mass is 345 g/mol. The van der Waals surface area contributed by atoms with Crippen molar-refractivity contribution >= 4 is 35.0 Å². The minimum atomic E-state index is -0.746. The van der Waals surface area contributed by atoms with Crippen LogP contribution >= 0.6 is 11.6 Å². The summed E-state index contributed by atoms with van der Waals surface area (Å²) in [4.78, 5) is 35.2. The van der Waals surface area contributed by atoms with Gasteiger partial charge in [0.25, 0.3) is 5.91 Å². The lowest BCUT2D eigenvalue weighted by molar-refractivity contribution is -0.117. The summed E-state index contributed by atoms with van der Waals surface area (Å²) in [5.41, 5.74) is 6.40. The maximum absolute atomic E-state index is 12.1.